The third-order valence-corrected chi connectivity index (χ3v) is 2.29. The highest BCUT2D eigenvalue weighted by atomic mass is 16.5. The molecule has 0 aliphatic rings. The van der Waals surface area contributed by atoms with E-state index in [4.69, 9.17) is 9.47 Å². The van der Waals surface area contributed by atoms with Crippen molar-refractivity contribution in [1.82, 2.24) is 0 Å². The molecule has 0 amide bonds. The third-order valence-electron chi connectivity index (χ3n) is 2.29. The molecule has 0 N–H and O–H groups in total. The summed E-state index contributed by atoms with van der Waals surface area (Å²) in [6, 6.07) is 0. The van der Waals surface area contributed by atoms with Gasteiger partial charge in [0.25, 0.3) is 0 Å². The van der Waals surface area contributed by atoms with E-state index in [0.717, 1.165) is 0 Å². The molecule has 0 rings (SSSR count). The molecule has 0 saturated heterocycles. The molecule has 0 fully saturated rings. The number of ether oxygens (including phenoxy) is 2. The van der Waals surface area contributed by atoms with Crippen molar-refractivity contribution < 1.29 is 9.47 Å². The SMILES string of the molecule is C=CCO[C@@H](C=C)[C@](C)(CC=C)OCC=C. The zero-order valence-electron chi connectivity index (χ0n) is 10.2. The Bertz CT molecular complexity index is 245. The van der Waals surface area contributed by atoms with E-state index < -0.39 is 5.60 Å². The predicted molar refractivity (Wildman–Crippen MR) is 69.5 cm³/mol. The van der Waals surface area contributed by atoms with E-state index in [1.54, 1.807) is 18.2 Å². The summed E-state index contributed by atoms with van der Waals surface area (Å²) >= 11 is 0. The topological polar surface area (TPSA) is 18.5 Å². The molecular weight excluding hydrogens is 200 g/mol. The standard InChI is InChI=1S/C14H22O2/c1-6-10-14(5,16-12-8-3)13(9-4)15-11-7-2/h6-9,13H,1-4,10-12H2,5H3/t13-,14-/m0/s1. The second kappa shape index (κ2) is 8.08. The molecule has 0 bridgehead atoms. The van der Waals surface area contributed by atoms with Crippen molar-refractivity contribution in [3.05, 3.63) is 50.6 Å². The van der Waals surface area contributed by atoms with Crippen LogP contribution >= 0.6 is 0 Å². The summed E-state index contributed by atoms with van der Waals surface area (Å²) in [7, 11) is 0. The summed E-state index contributed by atoms with van der Waals surface area (Å²) < 4.78 is 11.4. The van der Waals surface area contributed by atoms with Crippen LogP contribution in [0.1, 0.15) is 13.3 Å². The van der Waals surface area contributed by atoms with E-state index in [-0.39, 0.29) is 6.10 Å². The van der Waals surface area contributed by atoms with Gasteiger partial charge in [0.1, 0.15) is 6.10 Å². The number of hydrogen-bond donors (Lipinski definition) is 0. The van der Waals surface area contributed by atoms with Crippen molar-refractivity contribution in [3.8, 4) is 0 Å². The van der Waals surface area contributed by atoms with Gasteiger partial charge >= 0.3 is 0 Å². The van der Waals surface area contributed by atoms with E-state index in [0.29, 0.717) is 19.6 Å². The molecule has 0 heterocycles. The number of rotatable bonds is 10. The van der Waals surface area contributed by atoms with Gasteiger partial charge in [0.2, 0.25) is 0 Å². The fourth-order valence-corrected chi connectivity index (χ4v) is 1.46. The zero-order chi connectivity index (χ0) is 12.4. The number of hydrogen-bond acceptors (Lipinski definition) is 2. The van der Waals surface area contributed by atoms with E-state index in [1.165, 1.54) is 0 Å². The predicted octanol–water partition coefficient (Wildman–Crippen LogP) is 3.28. The van der Waals surface area contributed by atoms with E-state index >= 15 is 0 Å². The van der Waals surface area contributed by atoms with Gasteiger partial charge in [-0.25, -0.2) is 0 Å². The Morgan fingerprint density at radius 3 is 2.12 bits per heavy atom. The van der Waals surface area contributed by atoms with Gasteiger partial charge in [-0.1, -0.05) is 24.3 Å². The highest BCUT2D eigenvalue weighted by Gasteiger charge is 2.32. The van der Waals surface area contributed by atoms with Crippen LogP contribution in [-0.2, 0) is 9.47 Å². The third kappa shape index (κ3) is 4.60. The van der Waals surface area contributed by atoms with Crippen LogP contribution in [0.4, 0.5) is 0 Å². The smallest absolute Gasteiger partial charge is 0.105 e. The van der Waals surface area contributed by atoms with Crippen molar-refractivity contribution in [2.45, 2.75) is 25.0 Å². The molecular formula is C14H22O2. The Kier molecular flexibility index (Phi) is 7.52. The quantitative estimate of drug-likeness (QED) is 0.528. The maximum absolute atomic E-state index is 5.75. The first kappa shape index (κ1) is 14.9. The van der Waals surface area contributed by atoms with E-state index in [1.807, 2.05) is 13.0 Å². The van der Waals surface area contributed by atoms with Crippen molar-refractivity contribution in [2.24, 2.45) is 0 Å². The molecule has 0 radical (unpaired) electrons. The molecule has 0 aromatic heterocycles. The maximum atomic E-state index is 5.75. The van der Waals surface area contributed by atoms with Gasteiger partial charge in [-0.3, -0.25) is 0 Å². The maximum Gasteiger partial charge on any atom is 0.105 e. The van der Waals surface area contributed by atoms with Gasteiger partial charge in [-0.2, -0.15) is 0 Å². The molecule has 0 aromatic rings. The minimum atomic E-state index is -0.458. The second-order valence-corrected chi connectivity index (χ2v) is 3.68. The van der Waals surface area contributed by atoms with Crippen LogP contribution in [0.5, 0.6) is 0 Å². The normalized spacial score (nSPS) is 15.8. The fraction of sp³-hybridized carbons (Fsp3) is 0.429. The van der Waals surface area contributed by atoms with Crippen LogP contribution in [0.25, 0.3) is 0 Å². The summed E-state index contributed by atoms with van der Waals surface area (Å²) in [4.78, 5) is 0. The molecule has 0 aliphatic heterocycles. The Hall–Kier alpha value is -1.12. The van der Waals surface area contributed by atoms with Crippen LogP contribution in [0.2, 0.25) is 0 Å². The monoisotopic (exact) mass is 222 g/mol. The first-order valence-corrected chi connectivity index (χ1v) is 5.35. The van der Waals surface area contributed by atoms with E-state index in [2.05, 4.69) is 26.3 Å². The molecule has 2 atom stereocenters. The summed E-state index contributed by atoms with van der Waals surface area (Å²) in [5, 5.41) is 0. The summed E-state index contributed by atoms with van der Waals surface area (Å²) in [5.41, 5.74) is -0.458. The van der Waals surface area contributed by atoms with Gasteiger partial charge in [0.15, 0.2) is 0 Å². The molecule has 90 valence electrons. The lowest BCUT2D eigenvalue weighted by atomic mass is 9.94. The molecule has 16 heavy (non-hydrogen) atoms. The summed E-state index contributed by atoms with van der Waals surface area (Å²) in [6.45, 7) is 17.7. The molecule has 0 spiro atoms. The second-order valence-electron chi connectivity index (χ2n) is 3.68. The Labute approximate surface area is 99.0 Å². The fourth-order valence-electron chi connectivity index (χ4n) is 1.46. The van der Waals surface area contributed by atoms with Crippen LogP contribution in [-0.4, -0.2) is 24.9 Å². The lowest BCUT2D eigenvalue weighted by Crippen LogP contribution is -2.42. The first-order valence-electron chi connectivity index (χ1n) is 5.35. The average molecular weight is 222 g/mol. The Morgan fingerprint density at radius 1 is 1.06 bits per heavy atom. The van der Waals surface area contributed by atoms with Crippen LogP contribution < -0.4 is 0 Å². The molecule has 2 nitrogen and oxygen atoms in total. The Balaban J connectivity index is 4.65. The minimum absolute atomic E-state index is 0.191. The highest BCUT2D eigenvalue weighted by Crippen LogP contribution is 2.24. The molecule has 0 aromatic carbocycles. The van der Waals surface area contributed by atoms with Crippen LogP contribution in [0.15, 0.2) is 50.6 Å². The van der Waals surface area contributed by atoms with Crippen LogP contribution in [0.3, 0.4) is 0 Å². The summed E-state index contributed by atoms with van der Waals surface area (Å²) in [5.74, 6) is 0. The lowest BCUT2D eigenvalue weighted by Gasteiger charge is -2.34. The van der Waals surface area contributed by atoms with Gasteiger partial charge < -0.3 is 9.47 Å². The highest BCUT2D eigenvalue weighted by molar-refractivity contribution is 5.00. The van der Waals surface area contributed by atoms with Crippen molar-refractivity contribution in [1.29, 1.82) is 0 Å². The van der Waals surface area contributed by atoms with Crippen molar-refractivity contribution in [2.75, 3.05) is 13.2 Å². The van der Waals surface area contributed by atoms with Gasteiger partial charge in [0.05, 0.1) is 18.8 Å². The minimum Gasteiger partial charge on any atom is -0.368 e. The van der Waals surface area contributed by atoms with E-state index in [9.17, 15) is 0 Å². The molecule has 0 saturated carbocycles. The van der Waals surface area contributed by atoms with Gasteiger partial charge in [-0.05, 0) is 13.3 Å². The Morgan fingerprint density at radius 2 is 1.69 bits per heavy atom. The lowest BCUT2D eigenvalue weighted by molar-refractivity contribution is -0.103. The zero-order valence-corrected chi connectivity index (χ0v) is 10.2. The first-order chi connectivity index (χ1) is 7.64. The summed E-state index contributed by atoms with van der Waals surface area (Å²) in [6.07, 6.45) is 7.48. The van der Waals surface area contributed by atoms with Crippen molar-refractivity contribution in [3.63, 3.8) is 0 Å². The largest absolute Gasteiger partial charge is 0.368 e. The van der Waals surface area contributed by atoms with Gasteiger partial charge in [0, 0.05) is 0 Å². The van der Waals surface area contributed by atoms with Crippen molar-refractivity contribution >= 4 is 0 Å². The van der Waals surface area contributed by atoms with Crippen LogP contribution in [0, 0.1) is 0 Å². The van der Waals surface area contributed by atoms with Gasteiger partial charge in [-0.15, -0.1) is 26.3 Å². The molecule has 0 aliphatic carbocycles. The average Bonchev–Trinajstić information content (AvgIpc) is 2.28. The molecule has 2 heteroatoms. The molecule has 0 unspecified atom stereocenters.